The molecule has 0 unspecified atom stereocenters. The first kappa shape index (κ1) is 16.8. The standard InChI is InChI=1S/C20H20N4OS/c1-13(19(25)21-17-11-10-14-8-5-9-16(14)12-17)26-20-22-18(23-24-20)15-6-3-2-4-7-15/h2-4,6-7,10-13H,5,8-9H2,1H3,(H,21,25)(H,22,23,24)/t13-/m1/s1. The summed E-state index contributed by atoms with van der Waals surface area (Å²) in [4.78, 5) is 17.0. The number of hydrogen-bond acceptors (Lipinski definition) is 4. The molecular formula is C20H20N4OS. The largest absolute Gasteiger partial charge is 0.325 e. The topological polar surface area (TPSA) is 70.7 Å². The Bertz CT molecular complexity index is 923. The van der Waals surface area contributed by atoms with E-state index < -0.39 is 0 Å². The molecule has 1 aliphatic rings. The lowest BCUT2D eigenvalue weighted by molar-refractivity contribution is -0.115. The number of nitrogens with zero attached hydrogens (tertiary/aromatic N) is 2. The summed E-state index contributed by atoms with van der Waals surface area (Å²) in [6, 6.07) is 16.0. The van der Waals surface area contributed by atoms with Crippen LogP contribution in [0.2, 0.25) is 0 Å². The molecule has 6 heteroatoms. The summed E-state index contributed by atoms with van der Waals surface area (Å²) < 4.78 is 0. The fraction of sp³-hybridized carbons (Fsp3) is 0.250. The maximum atomic E-state index is 12.5. The van der Waals surface area contributed by atoms with Crippen molar-refractivity contribution in [2.45, 2.75) is 36.6 Å². The van der Waals surface area contributed by atoms with E-state index in [0.29, 0.717) is 11.0 Å². The second-order valence-electron chi connectivity index (χ2n) is 6.42. The van der Waals surface area contributed by atoms with Crippen LogP contribution in [-0.4, -0.2) is 26.3 Å². The summed E-state index contributed by atoms with van der Waals surface area (Å²) >= 11 is 1.35. The van der Waals surface area contributed by atoms with E-state index in [1.54, 1.807) is 0 Å². The quantitative estimate of drug-likeness (QED) is 0.669. The van der Waals surface area contributed by atoms with Gasteiger partial charge in [-0.25, -0.2) is 4.98 Å². The van der Waals surface area contributed by atoms with Gasteiger partial charge in [0.05, 0.1) is 5.25 Å². The van der Waals surface area contributed by atoms with Crippen molar-refractivity contribution in [2.75, 3.05) is 5.32 Å². The lowest BCUT2D eigenvalue weighted by Gasteiger charge is -2.11. The minimum Gasteiger partial charge on any atom is -0.325 e. The monoisotopic (exact) mass is 364 g/mol. The Kier molecular flexibility index (Phi) is 4.75. The van der Waals surface area contributed by atoms with Crippen molar-refractivity contribution in [3.05, 3.63) is 59.7 Å². The highest BCUT2D eigenvalue weighted by Crippen LogP contribution is 2.26. The van der Waals surface area contributed by atoms with E-state index in [1.807, 2.05) is 43.3 Å². The molecule has 1 aromatic heterocycles. The first-order valence-corrected chi connectivity index (χ1v) is 9.64. The zero-order valence-electron chi connectivity index (χ0n) is 14.5. The summed E-state index contributed by atoms with van der Waals surface area (Å²) in [7, 11) is 0. The van der Waals surface area contributed by atoms with Crippen LogP contribution in [0.3, 0.4) is 0 Å². The fourth-order valence-corrected chi connectivity index (χ4v) is 3.85. The third kappa shape index (κ3) is 3.65. The van der Waals surface area contributed by atoms with Gasteiger partial charge in [0.2, 0.25) is 11.1 Å². The molecule has 4 rings (SSSR count). The predicted molar refractivity (Wildman–Crippen MR) is 104 cm³/mol. The maximum Gasteiger partial charge on any atom is 0.237 e. The number of thioether (sulfide) groups is 1. The summed E-state index contributed by atoms with van der Waals surface area (Å²) in [5.74, 6) is 0.665. The molecule has 2 aromatic carbocycles. The van der Waals surface area contributed by atoms with Gasteiger partial charge >= 0.3 is 0 Å². The summed E-state index contributed by atoms with van der Waals surface area (Å²) in [6.45, 7) is 1.87. The van der Waals surface area contributed by atoms with Crippen molar-refractivity contribution < 1.29 is 4.79 Å². The van der Waals surface area contributed by atoms with Crippen LogP contribution in [-0.2, 0) is 17.6 Å². The number of anilines is 1. The van der Waals surface area contributed by atoms with Crippen molar-refractivity contribution in [2.24, 2.45) is 0 Å². The molecule has 1 aliphatic carbocycles. The van der Waals surface area contributed by atoms with E-state index >= 15 is 0 Å². The molecule has 0 spiro atoms. The molecule has 3 aromatic rings. The minimum atomic E-state index is -0.289. The number of hydrogen-bond donors (Lipinski definition) is 2. The lowest BCUT2D eigenvalue weighted by Crippen LogP contribution is -2.22. The van der Waals surface area contributed by atoms with E-state index in [2.05, 4.69) is 32.6 Å². The van der Waals surface area contributed by atoms with Gasteiger partial charge in [-0.2, -0.15) is 0 Å². The third-order valence-electron chi connectivity index (χ3n) is 4.53. The van der Waals surface area contributed by atoms with Crippen LogP contribution in [0.15, 0.2) is 53.7 Å². The zero-order valence-corrected chi connectivity index (χ0v) is 15.3. The van der Waals surface area contributed by atoms with Gasteiger partial charge in [0.25, 0.3) is 0 Å². The van der Waals surface area contributed by atoms with Gasteiger partial charge < -0.3 is 5.32 Å². The number of aryl methyl sites for hydroxylation is 2. The SMILES string of the molecule is C[C@@H](Sc1n[nH]c(-c2ccccc2)n1)C(=O)Nc1ccc2c(c1)CCC2. The summed E-state index contributed by atoms with van der Waals surface area (Å²) in [6.07, 6.45) is 3.45. The maximum absolute atomic E-state index is 12.5. The molecule has 0 saturated carbocycles. The number of benzene rings is 2. The minimum absolute atomic E-state index is 0.0426. The van der Waals surface area contributed by atoms with Crippen LogP contribution < -0.4 is 5.32 Å². The Morgan fingerprint density at radius 3 is 2.81 bits per heavy atom. The molecule has 1 atom stereocenters. The van der Waals surface area contributed by atoms with E-state index in [4.69, 9.17) is 0 Å². The van der Waals surface area contributed by atoms with Crippen LogP contribution in [0.5, 0.6) is 0 Å². The molecule has 0 fully saturated rings. The van der Waals surface area contributed by atoms with E-state index in [0.717, 1.165) is 24.1 Å². The lowest BCUT2D eigenvalue weighted by atomic mass is 10.1. The molecule has 1 heterocycles. The number of carbonyl (C=O) groups excluding carboxylic acids is 1. The number of fused-ring (bicyclic) bond motifs is 1. The number of rotatable bonds is 5. The Morgan fingerprint density at radius 2 is 1.96 bits per heavy atom. The Labute approximate surface area is 156 Å². The van der Waals surface area contributed by atoms with Gasteiger partial charge in [0, 0.05) is 11.3 Å². The van der Waals surface area contributed by atoms with Crippen molar-refractivity contribution >= 4 is 23.4 Å². The second kappa shape index (κ2) is 7.33. The van der Waals surface area contributed by atoms with Crippen molar-refractivity contribution in [1.82, 2.24) is 15.2 Å². The average Bonchev–Trinajstić information content (AvgIpc) is 3.31. The highest BCUT2D eigenvalue weighted by atomic mass is 32.2. The van der Waals surface area contributed by atoms with Gasteiger partial charge in [-0.15, -0.1) is 5.10 Å². The van der Waals surface area contributed by atoms with Gasteiger partial charge in [0.15, 0.2) is 5.82 Å². The first-order chi connectivity index (χ1) is 12.7. The van der Waals surface area contributed by atoms with Crippen LogP contribution in [0.4, 0.5) is 5.69 Å². The second-order valence-corrected chi connectivity index (χ2v) is 7.73. The highest BCUT2D eigenvalue weighted by molar-refractivity contribution is 8.00. The molecule has 0 bridgehead atoms. The van der Waals surface area contributed by atoms with Crippen LogP contribution in [0, 0.1) is 0 Å². The van der Waals surface area contributed by atoms with Gasteiger partial charge in [0.1, 0.15) is 0 Å². The fourth-order valence-electron chi connectivity index (χ4n) is 3.13. The van der Waals surface area contributed by atoms with Gasteiger partial charge in [-0.1, -0.05) is 48.2 Å². The number of aromatic amines is 1. The molecule has 0 saturated heterocycles. The molecule has 0 radical (unpaired) electrons. The third-order valence-corrected chi connectivity index (χ3v) is 5.49. The van der Waals surface area contributed by atoms with E-state index in [1.165, 1.54) is 29.3 Å². The predicted octanol–water partition coefficient (Wildman–Crippen LogP) is 4.08. The molecular weight excluding hydrogens is 344 g/mol. The van der Waals surface area contributed by atoms with Gasteiger partial charge in [-0.3, -0.25) is 9.89 Å². The number of amides is 1. The van der Waals surface area contributed by atoms with Crippen LogP contribution >= 0.6 is 11.8 Å². The number of H-pyrrole nitrogens is 1. The summed E-state index contributed by atoms with van der Waals surface area (Å²) in [5, 5.41) is 10.4. The van der Waals surface area contributed by atoms with E-state index in [-0.39, 0.29) is 11.2 Å². The van der Waals surface area contributed by atoms with Gasteiger partial charge in [-0.05, 0) is 49.4 Å². The number of aromatic nitrogens is 3. The van der Waals surface area contributed by atoms with Crippen LogP contribution in [0.25, 0.3) is 11.4 Å². The summed E-state index contributed by atoms with van der Waals surface area (Å²) in [5.41, 5.74) is 4.59. The van der Waals surface area contributed by atoms with E-state index in [9.17, 15) is 4.79 Å². The highest BCUT2D eigenvalue weighted by Gasteiger charge is 2.18. The van der Waals surface area contributed by atoms with Crippen LogP contribution in [0.1, 0.15) is 24.5 Å². The molecule has 1 amide bonds. The molecule has 26 heavy (non-hydrogen) atoms. The number of carbonyl (C=O) groups is 1. The van der Waals surface area contributed by atoms with Crippen molar-refractivity contribution in [1.29, 1.82) is 0 Å². The molecule has 0 aliphatic heterocycles. The van der Waals surface area contributed by atoms with Crippen molar-refractivity contribution in [3.63, 3.8) is 0 Å². The Morgan fingerprint density at radius 1 is 1.15 bits per heavy atom. The average molecular weight is 364 g/mol. The number of nitrogens with one attached hydrogen (secondary N) is 2. The first-order valence-electron chi connectivity index (χ1n) is 8.76. The van der Waals surface area contributed by atoms with Crippen molar-refractivity contribution in [3.8, 4) is 11.4 Å². The Hall–Kier alpha value is -2.60. The molecule has 5 nitrogen and oxygen atoms in total. The smallest absolute Gasteiger partial charge is 0.237 e. The molecule has 132 valence electrons. The Balaban J connectivity index is 1.39. The molecule has 2 N–H and O–H groups in total. The normalized spacial score (nSPS) is 14.0. The zero-order chi connectivity index (χ0) is 17.9.